The van der Waals surface area contributed by atoms with Crippen LogP contribution in [-0.4, -0.2) is 42.7 Å². The first-order valence-electron chi connectivity index (χ1n) is 7.48. The number of nitrogens with zero attached hydrogens (tertiary/aromatic N) is 2. The van der Waals surface area contributed by atoms with Crippen molar-refractivity contribution < 1.29 is 9.53 Å². The smallest absolute Gasteiger partial charge is 0.242 e. The largest absolute Gasteiger partial charge is 0.377 e. The Hall–Kier alpha value is -1.66. The zero-order chi connectivity index (χ0) is 14.8. The van der Waals surface area contributed by atoms with Gasteiger partial charge in [-0.3, -0.25) is 4.79 Å². The van der Waals surface area contributed by atoms with Gasteiger partial charge < -0.3 is 20.7 Å². The summed E-state index contributed by atoms with van der Waals surface area (Å²) in [6.45, 7) is 4.44. The summed E-state index contributed by atoms with van der Waals surface area (Å²) < 4.78 is 5.35. The Bertz CT molecular complexity index is 530. The number of nitrogens with two attached hydrogens (primary N) is 1. The van der Waals surface area contributed by atoms with E-state index in [0.717, 1.165) is 17.9 Å². The van der Waals surface area contributed by atoms with Crippen LogP contribution in [0.2, 0.25) is 0 Å². The second-order valence-corrected chi connectivity index (χ2v) is 5.83. The van der Waals surface area contributed by atoms with Gasteiger partial charge in [-0.2, -0.15) is 0 Å². The molecule has 21 heavy (non-hydrogen) atoms. The lowest BCUT2D eigenvalue weighted by atomic mass is 10.1. The van der Waals surface area contributed by atoms with Crippen LogP contribution >= 0.6 is 0 Å². The maximum Gasteiger partial charge on any atom is 0.242 e. The van der Waals surface area contributed by atoms with E-state index in [1.54, 1.807) is 0 Å². The summed E-state index contributed by atoms with van der Waals surface area (Å²) in [5.74, 6) is 0.465. The van der Waals surface area contributed by atoms with Crippen LogP contribution in [0.5, 0.6) is 0 Å². The van der Waals surface area contributed by atoms with E-state index in [9.17, 15) is 4.79 Å². The number of aryl methyl sites for hydroxylation is 1. The van der Waals surface area contributed by atoms with Crippen LogP contribution < -0.4 is 16.0 Å². The number of carbonyl (C=O) groups excluding carboxylic acids is 1. The fourth-order valence-corrected chi connectivity index (χ4v) is 2.67. The molecule has 0 radical (unpaired) electrons. The molecule has 3 rings (SSSR count). The highest BCUT2D eigenvalue weighted by atomic mass is 16.5. The quantitative estimate of drug-likeness (QED) is 0.817. The van der Waals surface area contributed by atoms with Crippen LogP contribution in [0.1, 0.15) is 24.0 Å². The second-order valence-electron chi connectivity index (χ2n) is 5.83. The number of ether oxygens (including phenoxy) is 1. The molecule has 2 heterocycles. The van der Waals surface area contributed by atoms with E-state index in [2.05, 4.69) is 16.4 Å². The molecule has 1 saturated carbocycles. The molecule has 6 nitrogen and oxygen atoms in total. The van der Waals surface area contributed by atoms with E-state index in [0.29, 0.717) is 25.8 Å². The van der Waals surface area contributed by atoms with Gasteiger partial charge in [-0.05, 0) is 37.0 Å². The average Bonchev–Trinajstić information content (AvgIpc) is 3.29. The Labute approximate surface area is 124 Å². The third-order valence-electron chi connectivity index (χ3n) is 4.01. The van der Waals surface area contributed by atoms with E-state index >= 15 is 0 Å². The number of rotatable bonds is 5. The molecule has 0 bridgehead atoms. The van der Waals surface area contributed by atoms with Gasteiger partial charge in [0.2, 0.25) is 5.91 Å². The van der Waals surface area contributed by atoms with Gasteiger partial charge in [-0.15, -0.1) is 0 Å². The van der Waals surface area contributed by atoms with Crippen LogP contribution in [0.3, 0.4) is 0 Å². The number of aromatic nitrogens is 1. The molecule has 1 aliphatic carbocycles. The number of carbonyl (C=O) groups is 1. The van der Waals surface area contributed by atoms with Gasteiger partial charge in [0.1, 0.15) is 11.9 Å². The van der Waals surface area contributed by atoms with Crippen molar-refractivity contribution in [1.29, 1.82) is 0 Å². The SMILES string of the molecule is Cc1cc(CNC2CC2)cnc1N1CCOCC1C(N)=O. The summed E-state index contributed by atoms with van der Waals surface area (Å²) >= 11 is 0. The first-order chi connectivity index (χ1) is 10.1. The van der Waals surface area contributed by atoms with Crippen molar-refractivity contribution in [3.8, 4) is 0 Å². The van der Waals surface area contributed by atoms with Crippen LogP contribution in [0, 0.1) is 6.92 Å². The summed E-state index contributed by atoms with van der Waals surface area (Å²) in [5.41, 5.74) is 7.71. The van der Waals surface area contributed by atoms with Crippen molar-refractivity contribution in [3.63, 3.8) is 0 Å². The number of anilines is 1. The monoisotopic (exact) mass is 290 g/mol. The third kappa shape index (κ3) is 3.33. The van der Waals surface area contributed by atoms with Crippen molar-refractivity contribution in [2.75, 3.05) is 24.7 Å². The van der Waals surface area contributed by atoms with E-state index < -0.39 is 6.04 Å². The van der Waals surface area contributed by atoms with Gasteiger partial charge in [0.05, 0.1) is 13.2 Å². The number of pyridine rings is 1. The number of morpholine rings is 1. The minimum absolute atomic E-state index is 0.335. The van der Waals surface area contributed by atoms with Gasteiger partial charge in [-0.25, -0.2) is 4.98 Å². The molecule has 2 aliphatic rings. The molecule has 1 aliphatic heterocycles. The van der Waals surface area contributed by atoms with E-state index in [-0.39, 0.29) is 5.91 Å². The predicted molar refractivity (Wildman–Crippen MR) is 80.0 cm³/mol. The number of hydrogen-bond acceptors (Lipinski definition) is 5. The number of amides is 1. The van der Waals surface area contributed by atoms with Crippen LogP contribution in [0.25, 0.3) is 0 Å². The fourth-order valence-electron chi connectivity index (χ4n) is 2.67. The molecule has 3 N–H and O–H groups in total. The summed E-state index contributed by atoms with van der Waals surface area (Å²) in [5, 5.41) is 3.48. The Kier molecular flexibility index (Phi) is 4.07. The van der Waals surface area contributed by atoms with Crippen LogP contribution in [-0.2, 0) is 16.1 Å². The van der Waals surface area contributed by atoms with Gasteiger partial charge in [0.25, 0.3) is 0 Å². The highest BCUT2D eigenvalue weighted by Gasteiger charge is 2.29. The van der Waals surface area contributed by atoms with Crippen molar-refractivity contribution in [1.82, 2.24) is 10.3 Å². The minimum atomic E-state index is -0.430. The zero-order valence-electron chi connectivity index (χ0n) is 12.3. The Morgan fingerprint density at radius 2 is 2.38 bits per heavy atom. The summed E-state index contributed by atoms with van der Waals surface area (Å²) in [6.07, 6.45) is 4.43. The highest BCUT2D eigenvalue weighted by molar-refractivity contribution is 5.84. The molecular weight excluding hydrogens is 268 g/mol. The van der Waals surface area contributed by atoms with E-state index in [1.807, 2.05) is 18.0 Å². The minimum Gasteiger partial charge on any atom is -0.377 e. The van der Waals surface area contributed by atoms with Crippen LogP contribution in [0.4, 0.5) is 5.82 Å². The molecule has 1 aromatic heterocycles. The number of nitrogens with one attached hydrogen (secondary N) is 1. The Morgan fingerprint density at radius 1 is 1.57 bits per heavy atom. The number of primary amides is 1. The van der Waals surface area contributed by atoms with Gasteiger partial charge in [-0.1, -0.05) is 0 Å². The molecule has 0 aromatic carbocycles. The van der Waals surface area contributed by atoms with Crippen molar-refractivity contribution in [2.45, 2.75) is 38.4 Å². The van der Waals surface area contributed by atoms with Crippen molar-refractivity contribution in [2.24, 2.45) is 5.73 Å². The Balaban J connectivity index is 1.75. The lowest BCUT2D eigenvalue weighted by molar-refractivity contribution is -0.121. The molecule has 1 amide bonds. The van der Waals surface area contributed by atoms with Gasteiger partial charge in [0, 0.05) is 25.3 Å². The fraction of sp³-hybridized carbons (Fsp3) is 0.600. The molecule has 114 valence electrons. The van der Waals surface area contributed by atoms with Crippen LogP contribution in [0.15, 0.2) is 12.3 Å². The molecule has 1 atom stereocenters. The summed E-state index contributed by atoms with van der Waals surface area (Å²) in [7, 11) is 0. The molecule has 1 saturated heterocycles. The molecule has 2 fully saturated rings. The maximum absolute atomic E-state index is 11.6. The molecule has 1 aromatic rings. The molecule has 6 heteroatoms. The average molecular weight is 290 g/mol. The second kappa shape index (κ2) is 5.99. The Morgan fingerprint density at radius 3 is 3.05 bits per heavy atom. The van der Waals surface area contributed by atoms with Crippen molar-refractivity contribution >= 4 is 11.7 Å². The standard InChI is InChI=1S/C15H22N4O2/c1-10-6-11(7-17-12-2-3-12)8-18-15(10)19-4-5-21-9-13(19)14(16)20/h6,8,12-13,17H,2-5,7,9H2,1H3,(H2,16,20). The lowest BCUT2D eigenvalue weighted by Crippen LogP contribution is -2.53. The normalized spacial score (nSPS) is 22.3. The third-order valence-corrected chi connectivity index (χ3v) is 4.01. The first kappa shape index (κ1) is 14.3. The van der Waals surface area contributed by atoms with Gasteiger partial charge >= 0.3 is 0 Å². The lowest BCUT2D eigenvalue weighted by Gasteiger charge is -2.35. The first-order valence-corrected chi connectivity index (χ1v) is 7.48. The van der Waals surface area contributed by atoms with E-state index in [4.69, 9.17) is 10.5 Å². The molecule has 0 spiro atoms. The molecular formula is C15H22N4O2. The number of hydrogen-bond donors (Lipinski definition) is 2. The predicted octanol–water partition coefficient (Wildman–Crippen LogP) is 0.333. The summed E-state index contributed by atoms with van der Waals surface area (Å²) in [4.78, 5) is 18.1. The summed E-state index contributed by atoms with van der Waals surface area (Å²) in [6, 6.07) is 2.38. The van der Waals surface area contributed by atoms with Gasteiger partial charge in [0.15, 0.2) is 0 Å². The topological polar surface area (TPSA) is 80.5 Å². The highest BCUT2D eigenvalue weighted by Crippen LogP contribution is 2.23. The molecule has 1 unspecified atom stereocenters. The maximum atomic E-state index is 11.6. The van der Waals surface area contributed by atoms with E-state index in [1.165, 1.54) is 18.4 Å². The zero-order valence-corrected chi connectivity index (χ0v) is 12.3. The van der Waals surface area contributed by atoms with Crippen molar-refractivity contribution in [3.05, 3.63) is 23.4 Å².